The number of nitrogens with one attached hydrogen (secondary N) is 3. The molecule has 14 rings (SSSR count). The number of sulfone groups is 1. The SMILES string of the molecule is Cc1ncc(-c2cccc(CS(=O)(=O)N(C)C)c2)nc1C(C)(C)C.Cc1ncc(-c2cccc(CS(C)(=O)=O)c2)nc1C(C)(C)C.Cc1ncc(-c2cccc(S(=O)(=O)N3CCCC3)c2)nc1C(C)(C)C.Cc1ncc(-c2cccc(S(=O)(=O)NC(C)(C)C)c2)nc1C(C)(C)C.Cc1ncc(-c2cccc(S(=O)(=O)NC(C)C)c2)nc1C(C)(C)C.Cc1ncc(-c2cccc(S(=O)(=O)NC3CC3)c2)nc1C(C)(C)C. The summed E-state index contributed by atoms with van der Waals surface area (Å²) in [7, 11) is -17.3. The smallest absolute Gasteiger partial charge is 0.243 e. The number of sulfonamides is 5. The summed E-state index contributed by atoms with van der Waals surface area (Å²) in [5.74, 6) is 0.00547. The molecule has 2 fully saturated rings. The average Bonchev–Trinajstić information content (AvgIpc) is 1.69. The maximum Gasteiger partial charge on any atom is 0.243 e. The Kier molecular flexibility index (Phi) is 37.5. The monoisotopic (exact) mass is 2080 g/mol. The molecule has 144 heavy (non-hydrogen) atoms. The maximum atomic E-state index is 12.8. The van der Waals surface area contributed by atoms with Gasteiger partial charge in [-0.25, -0.2) is 98.9 Å². The van der Waals surface area contributed by atoms with E-state index in [1.54, 1.807) is 142 Å². The fourth-order valence-electron chi connectivity index (χ4n) is 15.8. The van der Waals surface area contributed by atoms with Gasteiger partial charge >= 0.3 is 0 Å². The van der Waals surface area contributed by atoms with Gasteiger partial charge in [0.05, 0.1) is 171 Å². The molecule has 0 atom stereocenters. The normalized spacial score (nSPS) is 13.8. The first-order valence-electron chi connectivity index (χ1n) is 48.0. The molecule has 12 aromatic rings. The van der Waals surface area contributed by atoms with Crippen LogP contribution < -0.4 is 14.2 Å². The molecule has 776 valence electrons. The summed E-state index contributed by atoms with van der Waals surface area (Å²) >= 11 is 0. The van der Waals surface area contributed by atoms with E-state index in [1.807, 2.05) is 135 Å². The van der Waals surface area contributed by atoms with Gasteiger partial charge in [-0.05, 0) is 174 Å². The molecule has 35 heteroatoms. The number of aryl methyl sites for hydroxylation is 6. The van der Waals surface area contributed by atoms with Crippen molar-refractivity contribution in [3.63, 3.8) is 0 Å². The molecule has 1 aliphatic heterocycles. The van der Waals surface area contributed by atoms with Crippen molar-refractivity contribution in [1.82, 2.24) is 82.6 Å². The third-order valence-corrected chi connectivity index (χ3v) is 32.2. The standard InChI is InChI=1S/C19H25N3O2S.C19H27N3O2S.C18H23N3O2S.2C18H25N3O2S.C17H22N2O2S/c1-14-18(19(2,3)4)21-17(13-20-14)15-8-7-9-16(12-15)25(23,24)22-10-5-6-11-22;1-13-17(18(2,3)4)21-16(12-20-13)14-9-8-10-15(11-14)25(23,24)22-19(5,6)7;1-12-17(18(2,3)4)20-16(11-19-12)13-6-5-7-15(10-13)24(22,23)21-14-8-9-14;1-13-17(18(2,3)4)20-16(11-19-13)15-9-7-8-14(10-15)12-24(22,23)21(5)6;1-12(2)21-24(22,23)15-9-7-8-14(10-15)16-11-19-13(3)17(20-16)18(4,5)6;1-12-16(17(2,3)4)19-15(10-18-12)14-8-6-7-13(9-14)11-22(5,20)21/h7-9,12-13H,5-6,10-11H2,1-4H3;8-12,22H,1-7H3;5-7,10-11,14,21H,8-9H2,1-4H3;7-11H,12H2,1-6H3;7-12,21H,1-6H3;6-10H,11H2,1-5H3. The first-order valence-corrected chi connectivity index (χ1v) is 57.6. The van der Waals surface area contributed by atoms with E-state index in [1.165, 1.54) is 10.6 Å². The third kappa shape index (κ3) is 33.2. The molecule has 2 aliphatic rings. The van der Waals surface area contributed by atoms with E-state index in [0.29, 0.717) is 40.8 Å². The Morgan fingerprint density at radius 3 is 0.847 bits per heavy atom. The van der Waals surface area contributed by atoms with Gasteiger partial charge < -0.3 is 0 Å². The van der Waals surface area contributed by atoms with E-state index in [-0.39, 0.29) is 70.8 Å². The Labute approximate surface area is 857 Å². The Morgan fingerprint density at radius 2 is 0.590 bits per heavy atom. The van der Waals surface area contributed by atoms with E-state index < -0.39 is 65.5 Å². The van der Waals surface area contributed by atoms with Crippen molar-refractivity contribution >= 4 is 60.0 Å². The first kappa shape index (κ1) is 117. The lowest BCUT2D eigenvalue weighted by molar-refractivity contribution is 0.477. The number of benzene rings is 6. The first-order chi connectivity index (χ1) is 66.2. The highest BCUT2D eigenvalue weighted by Crippen LogP contribution is 2.37. The van der Waals surface area contributed by atoms with Crippen molar-refractivity contribution in [3.05, 3.63) is 262 Å². The lowest BCUT2D eigenvalue weighted by Gasteiger charge is -2.21. The summed E-state index contributed by atoms with van der Waals surface area (Å²) in [4.78, 5) is 56.2. The Bertz CT molecular complexity index is 7190. The molecule has 1 saturated heterocycles. The van der Waals surface area contributed by atoms with Crippen LogP contribution in [-0.2, 0) is 104 Å². The minimum Gasteiger partial charge on any atom is -0.257 e. The second-order valence-electron chi connectivity index (χ2n) is 44.4. The Balaban J connectivity index is 0.000000193. The van der Waals surface area contributed by atoms with Crippen molar-refractivity contribution in [1.29, 1.82) is 0 Å². The fourth-order valence-corrected chi connectivity index (χ4v) is 23.1. The number of hydrogen-bond donors (Lipinski definition) is 3. The van der Waals surface area contributed by atoms with Crippen LogP contribution in [0.15, 0.2) is 202 Å². The second kappa shape index (κ2) is 46.2. The van der Waals surface area contributed by atoms with Crippen LogP contribution in [0.3, 0.4) is 0 Å². The zero-order valence-corrected chi connectivity index (χ0v) is 94.6. The van der Waals surface area contributed by atoms with Gasteiger partial charge in [-0.3, -0.25) is 29.9 Å². The van der Waals surface area contributed by atoms with Crippen molar-refractivity contribution in [2.45, 2.75) is 308 Å². The molecule has 0 spiro atoms. The molecule has 7 heterocycles. The fraction of sp³-hybridized carbons (Fsp3) is 0.450. The van der Waals surface area contributed by atoms with Crippen LogP contribution in [0, 0.1) is 41.5 Å². The van der Waals surface area contributed by atoms with Gasteiger partial charge in [0.25, 0.3) is 0 Å². The molecular formula is C109H147N17O12S6. The minimum absolute atomic E-state index is 0.0285. The van der Waals surface area contributed by atoms with E-state index in [2.05, 4.69) is 169 Å². The van der Waals surface area contributed by atoms with Crippen LogP contribution in [0.25, 0.3) is 67.5 Å². The summed E-state index contributed by atoms with van der Waals surface area (Å²) in [5.41, 5.74) is 20.3. The summed E-state index contributed by atoms with van der Waals surface area (Å²) in [6.45, 7) is 59.6. The zero-order chi connectivity index (χ0) is 108. The van der Waals surface area contributed by atoms with Crippen LogP contribution in [0.1, 0.15) is 264 Å². The van der Waals surface area contributed by atoms with Crippen LogP contribution in [0.4, 0.5) is 0 Å². The van der Waals surface area contributed by atoms with E-state index in [0.717, 1.165) is 150 Å². The highest BCUT2D eigenvalue weighted by molar-refractivity contribution is 7.90. The van der Waals surface area contributed by atoms with Crippen molar-refractivity contribution in [2.24, 2.45) is 0 Å². The van der Waals surface area contributed by atoms with Gasteiger partial charge in [-0.15, -0.1) is 0 Å². The van der Waals surface area contributed by atoms with Crippen molar-refractivity contribution in [2.75, 3.05) is 33.4 Å². The van der Waals surface area contributed by atoms with Gasteiger partial charge in [0.15, 0.2) is 9.84 Å². The van der Waals surface area contributed by atoms with E-state index >= 15 is 0 Å². The molecule has 1 saturated carbocycles. The van der Waals surface area contributed by atoms with Gasteiger partial charge in [-0.1, -0.05) is 210 Å². The summed E-state index contributed by atoms with van der Waals surface area (Å²) < 4.78 is 158. The number of hydrogen-bond acceptors (Lipinski definition) is 24. The number of rotatable bonds is 21. The Morgan fingerprint density at radius 1 is 0.340 bits per heavy atom. The number of aromatic nitrogens is 12. The number of nitrogens with zero attached hydrogens (tertiary/aromatic N) is 14. The second-order valence-corrected chi connectivity index (χ2v) is 55.8. The molecule has 0 amide bonds. The van der Waals surface area contributed by atoms with Crippen LogP contribution in [0.2, 0.25) is 0 Å². The van der Waals surface area contributed by atoms with E-state index in [9.17, 15) is 50.5 Å². The zero-order valence-electron chi connectivity index (χ0n) is 89.7. The molecular weight excluding hydrogens is 1930 g/mol. The molecule has 3 N–H and O–H groups in total. The molecule has 6 aromatic heterocycles. The highest BCUT2D eigenvalue weighted by Gasteiger charge is 2.33. The summed E-state index contributed by atoms with van der Waals surface area (Å²) in [5, 5.41) is 0. The lowest BCUT2D eigenvalue weighted by atomic mass is 9.90. The average molecular weight is 2080 g/mol. The lowest BCUT2D eigenvalue weighted by Crippen LogP contribution is -2.40. The van der Waals surface area contributed by atoms with Crippen molar-refractivity contribution in [3.8, 4) is 67.5 Å². The molecule has 6 aromatic carbocycles. The molecule has 0 radical (unpaired) electrons. The van der Waals surface area contributed by atoms with Gasteiger partial charge in [-0.2, -0.15) is 4.31 Å². The largest absolute Gasteiger partial charge is 0.257 e. The molecule has 1 aliphatic carbocycles. The highest BCUT2D eigenvalue weighted by atomic mass is 32.2. The van der Waals surface area contributed by atoms with Crippen molar-refractivity contribution < 1.29 is 50.5 Å². The van der Waals surface area contributed by atoms with E-state index in [4.69, 9.17) is 29.9 Å². The summed E-state index contributed by atoms with van der Waals surface area (Å²) in [6, 6.07) is 42.4. The van der Waals surface area contributed by atoms with Crippen LogP contribution in [-0.4, -0.2) is 170 Å². The Hall–Kier alpha value is -10.7. The van der Waals surface area contributed by atoms with Crippen LogP contribution in [0.5, 0.6) is 0 Å². The van der Waals surface area contributed by atoms with Gasteiger partial charge in [0.2, 0.25) is 50.1 Å². The molecule has 0 unspecified atom stereocenters. The molecule has 0 bridgehead atoms. The minimum atomic E-state index is -3.59. The summed E-state index contributed by atoms with van der Waals surface area (Å²) in [6.07, 6.45) is 15.2. The third-order valence-electron chi connectivity index (χ3n) is 22.7. The predicted octanol–water partition coefficient (Wildman–Crippen LogP) is 20.4. The van der Waals surface area contributed by atoms with Crippen LogP contribution >= 0.6 is 0 Å². The topological polar surface area (TPSA) is 402 Å². The maximum absolute atomic E-state index is 12.8. The quantitative estimate of drug-likeness (QED) is 0.0601. The predicted molar refractivity (Wildman–Crippen MR) is 577 cm³/mol. The van der Waals surface area contributed by atoms with Gasteiger partial charge in [0.1, 0.15) is 0 Å². The van der Waals surface area contributed by atoms with Gasteiger partial charge in [0, 0.05) is 117 Å². The molecule has 29 nitrogen and oxygen atoms in total.